The lowest BCUT2D eigenvalue weighted by Gasteiger charge is -2.14. The minimum atomic E-state index is -0.455. The van der Waals surface area contributed by atoms with Gasteiger partial charge in [0.1, 0.15) is 0 Å². The van der Waals surface area contributed by atoms with Gasteiger partial charge in [0, 0.05) is 0 Å². The molecule has 72 valence electrons. The number of aromatic nitrogens is 2. The van der Waals surface area contributed by atoms with Crippen LogP contribution in [0.5, 0.6) is 5.88 Å². The summed E-state index contributed by atoms with van der Waals surface area (Å²) in [5.41, 5.74) is 10.5. The predicted octanol–water partition coefficient (Wildman–Crippen LogP) is -0.983. The van der Waals surface area contributed by atoms with Gasteiger partial charge >= 0.3 is 0 Å². The highest BCUT2D eigenvalue weighted by Crippen LogP contribution is 2.19. The van der Waals surface area contributed by atoms with Gasteiger partial charge in [0.15, 0.2) is 0 Å². The van der Waals surface area contributed by atoms with Crippen LogP contribution in [0.3, 0.4) is 0 Å². The standard InChI is InChI=1S/C6H11N5O2/c1-2-9-5-6(12)10-3(7)4(8)11(5)13/h9H,2,8H2,1H3,(H3,7,10,12). The molecule has 0 unspecified atom stereocenters. The molecule has 1 rings (SSSR count). The fourth-order valence-electron chi connectivity index (χ4n) is 0.858. The zero-order chi connectivity index (χ0) is 10.0. The van der Waals surface area contributed by atoms with Gasteiger partial charge in [-0.1, -0.05) is 0 Å². The fourth-order valence-corrected chi connectivity index (χ4v) is 0.858. The van der Waals surface area contributed by atoms with Gasteiger partial charge in [0.25, 0.3) is 17.5 Å². The number of nitrogen functional groups attached to an aromatic ring is 2. The molecule has 1 heterocycles. The molecule has 0 aromatic carbocycles. The minimum absolute atomic E-state index is 0.0887. The van der Waals surface area contributed by atoms with Gasteiger partial charge in [-0.05, 0) is 6.92 Å². The summed E-state index contributed by atoms with van der Waals surface area (Å²) in [6.07, 6.45) is 0. The number of aromatic hydroxyl groups is 1. The highest BCUT2D eigenvalue weighted by molar-refractivity contribution is 5.54. The Hall–Kier alpha value is -1.92. The van der Waals surface area contributed by atoms with Crippen molar-refractivity contribution >= 4 is 17.5 Å². The number of anilines is 3. The zero-order valence-electron chi connectivity index (χ0n) is 7.11. The zero-order valence-corrected chi connectivity index (χ0v) is 7.11. The smallest absolute Gasteiger partial charge is 0.288 e. The summed E-state index contributed by atoms with van der Waals surface area (Å²) < 4.78 is 0.307. The van der Waals surface area contributed by atoms with E-state index in [1.165, 1.54) is 0 Å². The van der Waals surface area contributed by atoms with Crippen LogP contribution in [0, 0.1) is 5.21 Å². The lowest BCUT2D eigenvalue weighted by atomic mass is 10.5. The Bertz CT molecular complexity index is 327. The van der Waals surface area contributed by atoms with Gasteiger partial charge in [-0.2, -0.15) is 4.98 Å². The van der Waals surface area contributed by atoms with Crippen LogP contribution >= 0.6 is 0 Å². The topological polar surface area (TPSA) is 124 Å². The second kappa shape index (κ2) is 3.21. The van der Waals surface area contributed by atoms with E-state index in [2.05, 4.69) is 10.3 Å². The van der Waals surface area contributed by atoms with Crippen LogP contribution in [0.15, 0.2) is 0 Å². The highest BCUT2D eigenvalue weighted by Gasteiger charge is 2.14. The Balaban J connectivity index is 3.26. The predicted molar refractivity (Wildman–Crippen MR) is 47.9 cm³/mol. The molecule has 7 heteroatoms. The van der Waals surface area contributed by atoms with Crippen molar-refractivity contribution in [3.63, 3.8) is 0 Å². The Morgan fingerprint density at radius 3 is 2.77 bits per heavy atom. The molecule has 0 aliphatic rings. The highest BCUT2D eigenvalue weighted by atomic mass is 16.5. The Kier molecular flexibility index (Phi) is 2.27. The van der Waals surface area contributed by atoms with Gasteiger partial charge in [-0.25, -0.2) is 4.73 Å². The van der Waals surface area contributed by atoms with Crippen LogP contribution in [0.2, 0.25) is 0 Å². The quantitative estimate of drug-likeness (QED) is 0.346. The Morgan fingerprint density at radius 2 is 2.23 bits per heavy atom. The van der Waals surface area contributed by atoms with E-state index in [-0.39, 0.29) is 17.5 Å². The Labute approximate surface area is 74.6 Å². The first-order valence-electron chi connectivity index (χ1n) is 3.69. The van der Waals surface area contributed by atoms with Crippen molar-refractivity contribution in [2.45, 2.75) is 6.92 Å². The molecule has 7 nitrogen and oxygen atoms in total. The summed E-state index contributed by atoms with van der Waals surface area (Å²) in [6, 6.07) is 0. The molecular weight excluding hydrogens is 174 g/mol. The second-order valence-corrected chi connectivity index (χ2v) is 2.38. The molecule has 0 aliphatic carbocycles. The van der Waals surface area contributed by atoms with E-state index in [9.17, 15) is 10.3 Å². The van der Waals surface area contributed by atoms with Crippen LogP contribution in [-0.2, 0) is 0 Å². The van der Waals surface area contributed by atoms with Crippen molar-refractivity contribution in [2.75, 3.05) is 23.3 Å². The van der Waals surface area contributed by atoms with Gasteiger partial charge in [-0.15, -0.1) is 0 Å². The third-order valence-electron chi connectivity index (χ3n) is 1.47. The fraction of sp³-hybridized carbons (Fsp3) is 0.333. The van der Waals surface area contributed by atoms with Crippen molar-refractivity contribution < 1.29 is 9.84 Å². The van der Waals surface area contributed by atoms with E-state index < -0.39 is 5.88 Å². The molecule has 0 spiro atoms. The second-order valence-electron chi connectivity index (χ2n) is 2.38. The molecule has 0 bridgehead atoms. The van der Waals surface area contributed by atoms with E-state index in [1.54, 1.807) is 6.92 Å². The third-order valence-corrected chi connectivity index (χ3v) is 1.47. The molecule has 0 fully saturated rings. The summed E-state index contributed by atoms with van der Waals surface area (Å²) in [7, 11) is 0. The molecule has 0 saturated carbocycles. The van der Waals surface area contributed by atoms with E-state index in [0.717, 1.165) is 0 Å². The lowest BCUT2D eigenvalue weighted by molar-refractivity contribution is -0.574. The van der Waals surface area contributed by atoms with Gasteiger partial charge in [0.05, 0.1) is 6.54 Å². The van der Waals surface area contributed by atoms with Crippen LogP contribution < -0.4 is 21.5 Å². The molecule has 13 heavy (non-hydrogen) atoms. The van der Waals surface area contributed by atoms with Crippen molar-refractivity contribution in [1.82, 2.24) is 4.98 Å². The maximum atomic E-state index is 11.2. The van der Waals surface area contributed by atoms with Crippen molar-refractivity contribution in [2.24, 2.45) is 0 Å². The number of nitrogens with one attached hydrogen (secondary N) is 1. The van der Waals surface area contributed by atoms with E-state index in [1.807, 2.05) is 0 Å². The van der Waals surface area contributed by atoms with Crippen molar-refractivity contribution in [3.8, 4) is 5.88 Å². The van der Waals surface area contributed by atoms with E-state index in [0.29, 0.717) is 11.3 Å². The average molecular weight is 185 g/mol. The minimum Gasteiger partial charge on any atom is -0.740 e. The molecule has 0 amide bonds. The van der Waals surface area contributed by atoms with Crippen LogP contribution in [-0.4, -0.2) is 16.6 Å². The molecule has 1 aromatic rings. The van der Waals surface area contributed by atoms with Crippen molar-refractivity contribution in [1.29, 1.82) is 0 Å². The lowest BCUT2D eigenvalue weighted by Crippen LogP contribution is -2.36. The average Bonchev–Trinajstić information content (AvgIpc) is 2.09. The van der Waals surface area contributed by atoms with Crippen LogP contribution in [0.25, 0.3) is 0 Å². The normalized spacial score (nSPS) is 9.92. The summed E-state index contributed by atoms with van der Waals surface area (Å²) in [5, 5.41) is 23.1. The molecule has 6 N–H and O–H groups in total. The van der Waals surface area contributed by atoms with E-state index in [4.69, 9.17) is 11.5 Å². The number of rotatable bonds is 2. The number of nitrogens with two attached hydrogens (primary N) is 2. The molecule has 0 radical (unpaired) electrons. The summed E-state index contributed by atoms with van der Waals surface area (Å²) in [6.45, 7) is 2.24. The maximum absolute atomic E-state index is 11.2. The number of hydrogen-bond acceptors (Lipinski definition) is 6. The SMILES string of the molecule is CCNc1c(O)nc(N)c(N)[n+]1[O-]. The maximum Gasteiger partial charge on any atom is 0.288 e. The molecule has 0 atom stereocenters. The third kappa shape index (κ3) is 1.48. The van der Waals surface area contributed by atoms with Crippen molar-refractivity contribution in [3.05, 3.63) is 5.21 Å². The summed E-state index contributed by atoms with van der Waals surface area (Å²) >= 11 is 0. The first-order valence-corrected chi connectivity index (χ1v) is 3.69. The summed E-state index contributed by atoms with van der Waals surface area (Å²) in [5.74, 6) is -0.958. The largest absolute Gasteiger partial charge is 0.740 e. The number of hydrogen-bond donors (Lipinski definition) is 4. The summed E-state index contributed by atoms with van der Waals surface area (Å²) in [4.78, 5) is 3.48. The van der Waals surface area contributed by atoms with E-state index >= 15 is 0 Å². The first kappa shape index (κ1) is 9.17. The Morgan fingerprint density at radius 1 is 1.62 bits per heavy atom. The molecule has 1 aromatic heterocycles. The first-order chi connectivity index (χ1) is 6.07. The molecule has 0 saturated heterocycles. The van der Waals surface area contributed by atoms with Gasteiger partial charge in [0.2, 0.25) is 5.82 Å². The van der Waals surface area contributed by atoms with Gasteiger partial charge in [-0.3, -0.25) is 0 Å². The molecular formula is C6H11N5O2. The van der Waals surface area contributed by atoms with Crippen LogP contribution in [0.1, 0.15) is 6.92 Å². The monoisotopic (exact) mass is 185 g/mol. The molecule has 0 aliphatic heterocycles. The van der Waals surface area contributed by atoms with Crippen LogP contribution in [0.4, 0.5) is 17.5 Å². The van der Waals surface area contributed by atoms with Gasteiger partial charge < -0.3 is 27.1 Å². The number of nitrogens with zero attached hydrogens (tertiary/aromatic N) is 2.